The van der Waals surface area contributed by atoms with Crippen LogP contribution in [-0.4, -0.2) is 24.0 Å². The average Bonchev–Trinajstić information content (AvgIpc) is 2.38. The Bertz CT molecular complexity index is 405. The fraction of sp³-hybridized carbons (Fsp3) is 0.462. The largest absolute Gasteiger partial charge is 0.469 e. The second-order valence-corrected chi connectivity index (χ2v) is 4.06. The molecule has 18 heavy (non-hydrogen) atoms. The van der Waals surface area contributed by atoms with Gasteiger partial charge in [-0.25, -0.2) is 0 Å². The van der Waals surface area contributed by atoms with Crippen LogP contribution in [0, 0.1) is 10.1 Å². The van der Waals surface area contributed by atoms with Crippen LogP contribution in [0.3, 0.4) is 0 Å². The number of nitro groups is 1. The molecule has 1 aromatic carbocycles. The Morgan fingerprint density at radius 2 is 2.00 bits per heavy atom. The van der Waals surface area contributed by atoms with E-state index in [1.807, 2.05) is 18.2 Å². The Balaban J connectivity index is 3.01. The zero-order chi connectivity index (χ0) is 13.5. The first-order valence-corrected chi connectivity index (χ1v) is 5.85. The molecule has 0 fully saturated rings. The summed E-state index contributed by atoms with van der Waals surface area (Å²) in [5, 5.41) is 11.1. The van der Waals surface area contributed by atoms with Gasteiger partial charge in [0.15, 0.2) is 0 Å². The summed E-state index contributed by atoms with van der Waals surface area (Å²) in [6.45, 7) is 1.75. The first-order valence-electron chi connectivity index (χ1n) is 5.85. The summed E-state index contributed by atoms with van der Waals surface area (Å²) >= 11 is 0. The highest BCUT2D eigenvalue weighted by molar-refractivity contribution is 5.70. The number of esters is 1. The van der Waals surface area contributed by atoms with E-state index in [-0.39, 0.29) is 11.3 Å². The third kappa shape index (κ3) is 3.55. The van der Waals surface area contributed by atoms with E-state index in [0.717, 1.165) is 5.56 Å². The lowest BCUT2D eigenvalue weighted by Crippen LogP contribution is -2.29. The third-order valence-electron chi connectivity index (χ3n) is 3.00. The second kappa shape index (κ2) is 6.74. The second-order valence-electron chi connectivity index (χ2n) is 4.06. The van der Waals surface area contributed by atoms with E-state index >= 15 is 0 Å². The first-order chi connectivity index (χ1) is 8.60. The van der Waals surface area contributed by atoms with Crippen molar-refractivity contribution in [2.75, 3.05) is 7.11 Å². The van der Waals surface area contributed by atoms with E-state index < -0.39 is 17.9 Å². The van der Waals surface area contributed by atoms with Gasteiger partial charge in [0.2, 0.25) is 6.04 Å². The van der Waals surface area contributed by atoms with Gasteiger partial charge in [0.1, 0.15) is 0 Å². The summed E-state index contributed by atoms with van der Waals surface area (Å²) < 4.78 is 4.62. The van der Waals surface area contributed by atoms with Crippen LogP contribution in [0.1, 0.15) is 31.2 Å². The highest BCUT2D eigenvalue weighted by Gasteiger charge is 2.33. The lowest BCUT2D eigenvalue weighted by atomic mass is 9.87. The number of methoxy groups -OCH3 is 1. The van der Waals surface area contributed by atoms with Crippen molar-refractivity contribution in [3.05, 3.63) is 46.0 Å². The zero-order valence-corrected chi connectivity index (χ0v) is 10.5. The summed E-state index contributed by atoms with van der Waals surface area (Å²) in [6.07, 6.45) is 0.406. The predicted octanol–water partition coefficient (Wildman–Crippen LogP) is 2.39. The number of carbonyl (C=O) groups excluding carboxylic acids is 1. The molecule has 0 unspecified atom stereocenters. The monoisotopic (exact) mass is 251 g/mol. The van der Waals surface area contributed by atoms with Crippen LogP contribution < -0.4 is 0 Å². The van der Waals surface area contributed by atoms with E-state index in [2.05, 4.69) is 4.74 Å². The number of rotatable bonds is 6. The van der Waals surface area contributed by atoms with Gasteiger partial charge in [-0.2, -0.15) is 0 Å². The molecule has 0 saturated heterocycles. The summed E-state index contributed by atoms with van der Waals surface area (Å²) in [6, 6.07) is 8.30. The quantitative estimate of drug-likeness (QED) is 0.442. The molecule has 1 aromatic rings. The van der Waals surface area contributed by atoms with Crippen molar-refractivity contribution in [3.63, 3.8) is 0 Å². The summed E-state index contributed by atoms with van der Waals surface area (Å²) in [5.41, 5.74) is 0.798. The molecule has 0 amide bonds. The van der Waals surface area contributed by atoms with Crippen molar-refractivity contribution in [1.29, 1.82) is 0 Å². The predicted molar refractivity (Wildman–Crippen MR) is 66.9 cm³/mol. The molecule has 0 aliphatic carbocycles. The van der Waals surface area contributed by atoms with Gasteiger partial charge in [-0.1, -0.05) is 37.3 Å². The number of ether oxygens (including phenoxy) is 1. The van der Waals surface area contributed by atoms with Crippen molar-refractivity contribution in [1.82, 2.24) is 0 Å². The molecule has 0 aliphatic rings. The van der Waals surface area contributed by atoms with Crippen LogP contribution in [0.2, 0.25) is 0 Å². The SMILES string of the molecule is CC[C@H]([C@H](CC(=O)OC)c1ccccc1)[N+](=O)[O-]. The Hall–Kier alpha value is -1.91. The van der Waals surface area contributed by atoms with Crippen LogP contribution in [0.25, 0.3) is 0 Å². The number of carbonyl (C=O) groups is 1. The number of nitrogens with zero attached hydrogens (tertiary/aromatic N) is 1. The van der Waals surface area contributed by atoms with Crippen molar-refractivity contribution in [2.45, 2.75) is 31.7 Å². The van der Waals surface area contributed by atoms with Crippen LogP contribution in [0.5, 0.6) is 0 Å². The molecule has 98 valence electrons. The molecular formula is C13H17NO4. The highest BCUT2D eigenvalue weighted by Crippen LogP contribution is 2.27. The van der Waals surface area contributed by atoms with E-state index in [0.29, 0.717) is 6.42 Å². The Kier molecular flexibility index (Phi) is 5.30. The average molecular weight is 251 g/mol. The molecular weight excluding hydrogens is 234 g/mol. The van der Waals surface area contributed by atoms with Crippen molar-refractivity contribution in [2.24, 2.45) is 0 Å². The Morgan fingerprint density at radius 1 is 1.39 bits per heavy atom. The third-order valence-corrected chi connectivity index (χ3v) is 3.00. The maximum atomic E-state index is 11.4. The van der Waals surface area contributed by atoms with Gasteiger partial charge in [-0.05, 0) is 5.56 Å². The van der Waals surface area contributed by atoms with E-state index in [1.165, 1.54) is 7.11 Å². The van der Waals surface area contributed by atoms with Crippen LogP contribution in [0.15, 0.2) is 30.3 Å². The lowest BCUT2D eigenvalue weighted by Gasteiger charge is -2.19. The highest BCUT2D eigenvalue weighted by atomic mass is 16.6. The molecule has 5 heteroatoms. The van der Waals surface area contributed by atoms with Crippen LogP contribution in [-0.2, 0) is 9.53 Å². The van der Waals surface area contributed by atoms with Gasteiger partial charge in [0, 0.05) is 11.3 Å². The molecule has 0 bridgehead atoms. The maximum absolute atomic E-state index is 11.4. The van der Waals surface area contributed by atoms with Crippen molar-refractivity contribution >= 4 is 5.97 Å². The minimum Gasteiger partial charge on any atom is -0.469 e. The minimum absolute atomic E-state index is 0.0278. The maximum Gasteiger partial charge on any atom is 0.306 e. The van der Waals surface area contributed by atoms with E-state index in [9.17, 15) is 14.9 Å². The first kappa shape index (κ1) is 14.2. The summed E-state index contributed by atoms with van der Waals surface area (Å²) in [5.74, 6) is -0.872. The molecule has 5 nitrogen and oxygen atoms in total. The van der Waals surface area contributed by atoms with E-state index in [1.54, 1.807) is 19.1 Å². The van der Waals surface area contributed by atoms with Gasteiger partial charge in [0.25, 0.3) is 0 Å². The number of hydrogen-bond donors (Lipinski definition) is 0. The topological polar surface area (TPSA) is 69.4 Å². The van der Waals surface area contributed by atoms with Crippen molar-refractivity contribution in [3.8, 4) is 0 Å². The molecule has 0 radical (unpaired) electrons. The van der Waals surface area contributed by atoms with E-state index in [4.69, 9.17) is 0 Å². The van der Waals surface area contributed by atoms with Gasteiger partial charge in [-0.15, -0.1) is 0 Å². The molecule has 0 aromatic heterocycles. The van der Waals surface area contributed by atoms with Gasteiger partial charge >= 0.3 is 5.97 Å². The molecule has 1 rings (SSSR count). The zero-order valence-electron chi connectivity index (χ0n) is 10.5. The summed E-state index contributed by atoms with van der Waals surface area (Å²) in [7, 11) is 1.29. The molecule has 0 N–H and O–H groups in total. The van der Waals surface area contributed by atoms with Gasteiger partial charge in [0.05, 0.1) is 19.4 Å². The standard InChI is InChI=1S/C13H17NO4/c1-3-12(14(16)17)11(9-13(15)18-2)10-7-5-4-6-8-10/h4-8,11-12H,3,9H2,1-2H3/t11-,12-/m1/s1. The summed E-state index contributed by atoms with van der Waals surface area (Å²) in [4.78, 5) is 22.1. The molecule has 0 aliphatic heterocycles. The minimum atomic E-state index is -0.772. The Morgan fingerprint density at radius 3 is 2.44 bits per heavy atom. The fourth-order valence-corrected chi connectivity index (χ4v) is 2.02. The Labute approximate surface area is 106 Å². The fourth-order valence-electron chi connectivity index (χ4n) is 2.02. The lowest BCUT2D eigenvalue weighted by molar-refractivity contribution is -0.527. The van der Waals surface area contributed by atoms with Gasteiger partial charge < -0.3 is 4.74 Å². The van der Waals surface area contributed by atoms with Crippen LogP contribution >= 0.6 is 0 Å². The van der Waals surface area contributed by atoms with Crippen LogP contribution in [0.4, 0.5) is 0 Å². The number of hydrogen-bond acceptors (Lipinski definition) is 4. The normalized spacial score (nSPS) is 13.7. The molecule has 2 atom stereocenters. The van der Waals surface area contributed by atoms with Gasteiger partial charge in [-0.3, -0.25) is 14.9 Å². The smallest absolute Gasteiger partial charge is 0.306 e. The molecule has 0 spiro atoms. The number of benzene rings is 1. The van der Waals surface area contributed by atoms with Crippen molar-refractivity contribution < 1.29 is 14.5 Å². The molecule has 0 saturated carbocycles. The molecule has 0 heterocycles.